The predicted molar refractivity (Wildman–Crippen MR) is 97.0 cm³/mol. The molecule has 10 heteroatoms. The Balaban J connectivity index is 2.03. The first-order valence-electron chi connectivity index (χ1n) is 8.72. The fourth-order valence-electron chi connectivity index (χ4n) is 2.27. The van der Waals surface area contributed by atoms with Crippen molar-refractivity contribution in [2.45, 2.75) is 33.5 Å². The third kappa shape index (κ3) is 6.45. The van der Waals surface area contributed by atoms with E-state index >= 15 is 0 Å². The number of rotatable bonds is 10. The predicted octanol–water partition coefficient (Wildman–Crippen LogP) is 3.56. The van der Waals surface area contributed by atoms with Gasteiger partial charge in [0, 0.05) is 6.92 Å². The Bertz CT molecular complexity index is 750. The number of carbonyl (C=O) groups is 2. The van der Waals surface area contributed by atoms with E-state index in [0.29, 0.717) is 5.56 Å². The molecule has 154 valence electrons. The van der Waals surface area contributed by atoms with Crippen molar-refractivity contribution in [3.8, 4) is 0 Å². The van der Waals surface area contributed by atoms with Crippen LogP contribution in [0.2, 0.25) is 0 Å². The van der Waals surface area contributed by atoms with Crippen molar-refractivity contribution >= 4 is 19.5 Å². The Morgan fingerprint density at radius 2 is 1.75 bits per heavy atom. The molecule has 1 atom stereocenters. The Kier molecular flexibility index (Phi) is 8.19. The zero-order valence-corrected chi connectivity index (χ0v) is 16.8. The van der Waals surface area contributed by atoms with Gasteiger partial charge >= 0.3 is 25.5 Å². The molecule has 0 saturated heterocycles. The maximum Gasteiger partial charge on any atom is 0.356 e. The van der Waals surface area contributed by atoms with Crippen LogP contribution in [-0.4, -0.2) is 37.8 Å². The van der Waals surface area contributed by atoms with Gasteiger partial charge in [-0.15, -0.1) is 0 Å². The molecule has 0 amide bonds. The van der Waals surface area contributed by atoms with Crippen LogP contribution in [0.4, 0.5) is 0 Å². The van der Waals surface area contributed by atoms with Crippen LogP contribution in [0.3, 0.4) is 0 Å². The van der Waals surface area contributed by atoms with Gasteiger partial charge in [-0.25, -0.2) is 4.79 Å². The number of hydrogen-bond donors (Lipinski definition) is 0. The zero-order valence-electron chi connectivity index (χ0n) is 15.9. The van der Waals surface area contributed by atoms with Crippen LogP contribution in [0, 0.1) is 0 Å². The van der Waals surface area contributed by atoms with Gasteiger partial charge in [-0.05, 0) is 26.0 Å². The number of benzene rings is 1. The van der Waals surface area contributed by atoms with E-state index in [1.807, 2.05) is 0 Å². The molecule has 0 aromatic heterocycles. The molecule has 9 nitrogen and oxygen atoms in total. The van der Waals surface area contributed by atoms with Gasteiger partial charge in [0.25, 0.3) is 0 Å². The molecule has 0 bridgehead atoms. The van der Waals surface area contributed by atoms with E-state index < -0.39 is 25.8 Å². The molecule has 0 N–H and O–H groups in total. The summed E-state index contributed by atoms with van der Waals surface area (Å²) in [5, 5.41) is 0. The first kappa shape index (κ1) is 22.1. The summed E-state index contributed by atoms with van der Waals surface area (Å²) in [4.78, 5) is 23.5. The molecule has 1 aliphatic heterocycles. The van der Waals surface area contributed by atoms with E-state index in [-0.39, 0.29) is 37.7 Å². The molecule has 1 aliphatic rings. The standard InChI is InChI=1S/C18H23O9P/c1-4-23-28(21,24-5-2)12-22-16-11-15(18(27-16)25-13(3)19)26-17(20)14-9-7-6-8-10-14/h6-10,16H,4-5,11-12H2,1-3H3. The smallest absolute Gasteiger partial charge is 0.356 e. The van der Waals surface area contributed by atoms with Gasteiger partial charge in [-0.1, -0.05) is 18.2 Å². The topological polar surface area (TPSA) is 107 Å². The van der Waals surface area contributed by atoms with E-state index in [0.717, 1.165) is 0 Å². The highest BCUT2D eigenvalue weighted by Gasteiger charge is 2.35. The first-order valence-corrected chi connectivity index (χ1v) is 10.4. The third-order valence-electron chi connectivity index (χ3n) is 3.35. The van der Waals surface area contributed by atoms with Gasteiger partial charge in [0.05, 0.1) is 25.2 Å². The van der Waals surface area contributed by atoms with Crippen LogP contribution < -0.4 is 0 Å². The van der Waals surface area contributed by atoms with Gasteiger partial charge in [0.15, 0.2) is 12.1 Å². The minimum Gasteiger partial charge on any atom is -0.432 e. The fraction of sp³-hybridized carbons (Fsp3) is 0.444. The lowest BCUT2D eigenvalue weighted by Gasteiger charge is -2.19. The summed E-state index contributed by atoms with van der Waals surface area (Å²) in [7, 11) is -3.45. The molecule has 0 fully saturated rings. The van der Waals surface area contributed by atoms with E-state index in [1.165, 1.54) is 6.92 Å². The maximum atomic E-state index is 12.5. The van der Waals surface area contributed by atoms with Gasteiger partial charge in [0.1, 0.15) is 0 Å². The lowest BCUT2D eigenvalue weighted by Crippen LogP contribution is -2.15. The largest absolute Gasteiger partial charge is 0.432 e. The molecule has 1 aromatic rings. The number of carbonyl (C=O) groups excluding carboxylic acids is 2. The monoisotopic (exact) mass is 414 g/mol. The molecule has 0 spiro atoms. The van der Waals surface area contributed by atoms with E-state index in [1.54, 1.807) is 44.2 Å². The van der Waals surface area contributed by atoms with Gasteiger partial charge < -0.3 is 28.0 Å². The highest BCUT2D eigenvalue weighted by Crippen LogP contribution is 2.48. The van der Waals surface area contributed by atoms with Crippen LogP contribution in [0.15, 0.2) is 42.0 Å². The van der Waals surface area contributed by atoms with Gasteiger partial charge in [-0.2, -0.15) is 0 Å². The average molecular weight is 414 g/mol. The van der Waals surface area contributed by atoms with Crippen LogP contribution in [-0.2, 0) is 37.4 Å². The Morgan fingerprint density at radius 3 is 2.32 bits per heavy atom. The Morgan fingerprint density at radius 1 is 1.11 bits per heavy atom. The van der Waals surface area contributed by atoms with Crippen molar-refractivity contribution in [3.05, 3.63) is 47.6 Å². The van der Waals surface area contributed by atoms with Gasteiger partial charge in [-0.3, -0.25) is 9.36 Å². The number of esters is 2. The summed E-state index contributed by atoms with van der Waals surface area (Å²) in [5.41, 5.74) is 0.318. The van der Waals surface area contributed by atoms with E-state index in [2.05, 4.69) is 0 Å². The van der Waals surface area contributed by atoms with Gasteiger partial charge in [0.2, 0.25) is 6.29 Å². The molecular weight excluding hydrogens is 391 g/mol. The molecule has 1 heterocycles. The first-order chi connectivity index (χ1) is 13.4. The van der Waals surface area contributed by atoms with Crippen molar-refractivity contribution in [1.82, 2.24) is 0 Å². The van der Waals surface area contributed by atoms with Crippen molar-refractivity contribution in [3.63, 3.8) is 0 Å². The minimum atomic E-state index is -3.45. The quantitative estimate of drug-likeness (QED) is 0.419. The Labute approximate surface area is 163 Å². The normalized spacial score (nSPS) is 16.6. The molecule has 2 rings (SSSR count). The summed E-state index contributed by atoms with van der Waals surface area (Å²) in [6, 6.07) is 8.30. The van der Waals surface area contributed by atoms with Crippen molar-refractivity contribution in [1.29, 1.82) is 0 Å². The van der Waals surface area contributed by atoms with Crippen molar-refractivity contribution in [2.24, 2.45) is 0 Å². The second-order valence-electron chi connectivity index (χ2n) is 5.55. The molecule has 1 unspecified atom stereocenters. The fourth-order valence-corrected chi connectivity index (χ4v) is 3.63. The van der Waals surface area contributed by atoms with Crippen LogP contribution in [0.5, 0.6) is 0 Å². The minimum absolute atomic E-state index is 0.00305. The van der Waals surface area contributed by atoms with E-state index in [4.69, 9.17) is 28.0 Å². The highest BCUT2D eigenvalue weighted by atomic mass is 31.2. The summed E-state index contributed by atoms with van der Waals surface area (Å²) < 4.78 is 43.8. The molecule has 28 heavy (non-hydrogen) atoms. The third-order valence-corrected chi connectivity index (χ3v) is 5.12. The summed E-state index contributed by atoms with van der Waals surface area (Å²) in [5.74, 6) is -1.57. The summed E-state index contributed by atoms with van der Waals surface area (Å²) in [6.45, 7) is 4.91. The SMILES string of the molecule is CCOP(=O)(COC1CC(OC(=O)c2ccccc2)=C(OC(C)=O)O1)OCC. The lowest BCUT2D eigenvalue weighted by molar-refractivity contribution is -0.154. The highest BCUT2D eigenvalue weighted by molar-refractivity contribution is 7.53. The molecule has 0 aliphatic carbocycles. The second-order valence-corrected chi connectivity index (χ2v) is 7.55. The molecule has 1 aromatic carbocycles. The lowest BCUT2D eigenvalue weighted by atomic mass is 10.2. The summed E-state index contributed by atoms with van der Waals surface area (Å²) >= 11 is 0. The molecular formula is C18H23O9P. The summed E-state index contributed by atoms with van der Waals surface area (Å²) in [6.07, 6.45) is -1.38. The molecule has 0 saturated carbocycles. The Hall–Kier alpha value is -2.19. The molecule has 0 radical (unpaired) electrons. The van der Waals surface area contributed by atoms with Crippen LogP contribution >= 0.6 is 7.60 Å². The van der Waals surface area contributed by atoms with Crippen molar-refractivity contribution in [2.75, 3.05) is 19.6 Å². The number of hydrogen-bond acceptors (Lipinski definition) is 9. The van der Waals surface area contributed by atoms with Crippen LogP contribution in [0.25, 0.3) is 0 Å². The zero-order chi connectivity index (χ0) is 20.6. The maximum absolute atomic E-state index is 12.5. The van der Waals surface area contributed by atoms with E-state index in [9.17, 15) is 14.2 Å². The van der Waals surface area contributed by atoms with Crippen molar-refractivity contribution < 1.29 is 42.1 Å². The number of ether oxygens (including phenoxy) is 4. The van der Waals surface area contributed by atoms with Crippen LogP contribution in [0.1, 0.15) is 37.6 Å². The second kappa shape index (κ2) is 10.4. The average Bonchev–Trinajstić information content (AvgIpc) is 3.02.